The van der Waals surface area contributed by atoms with Crippen LogP contribution in [0.1, 0.15) is 23.5 Å². The van der Waals surface area contributed by atoms with E-state index in [2.05, 4.69) is 24.3 Å². The number of hydrogen-bond donors (Lipinski definition) is 0. The Bertz CT molecular complexity index is 1170. The normalized spacial score (nSPS) is 33.2. The third-order valence-electron chi connectivity index (χ3n) is 8.00. The van der Waals surface area contributed by atoms with Crippen LogP contribution in [-0.4, -0.2) is 29.6 Å². The third kappa shape index (κ3) is 2.05. The van der Waals surface area contributed by atoms with Crippen LogP contribution in [-0.2, 0) is 19.2 Å². The average molecular weight is 413 g/mol. The van der Waals surface area contributed by atoms with Crippen molar-refractivity contribution >= 4 is 18.0 Å². The van der Waals surface area contributed by atoms with Crippen molar-refractivity contribution in [3.05, 3.63) is 71.8 Å². The van der Waals surface area contributed by atoms with Crippen molar-refractivity contribution in [1.29, 1.82) is 0 Å². The number of carbonyl (C=O) groups is 3. The highest BCUT2D eigenvalue weighted by Crippen LogP contribution is 2.77. The van der Waals surface area contributed by atoms with Gasteiger partial charge in [0.15, 0.2) is 0 Å². The maximum absolute atomic E-state index is 12.9. The van der Waals surface area contributed by atoms with Gasteiger partial charge in [-0.05, 0) is 40.5 Å². The number of fused-ring (bicyclic) bond motifs is 5. The summed E-state index contributed by atoms with van der Waals surface area (Å²) in [6.07, 6.45) is 4.07. The summed E-state index contributed by atoms with van der Waals surface area (Å²) in [7, 11) is 0. The molecule has 154 valence electrons. The maximum Gasteiger partial charge on any atom is 0.533 e. The summed E-state index contributed by atoms with van der Waals surface area (Å²) in [6, 6.07) is 16.1. The van der Waals surface area contributed by atoms with E-state index in [0.717, 1.165) is 28.7 Å². The molecule has 5 aliphatic rings. The molecule has 0 radical (unpaired) electrons. The Morgan fingerprint density at radius 3 is 2.32 bits per heavy atom. The van der Waals surface area contributed by atoms with E-state index < -0.39 is 23.9 Å². The molecule has 1 aliphatic heterocycles. The van der Waals surface area contributed by atoms with Gasteiger partial charge < -0.3 is 4.74 Å². The van der Waals surface area contributed by atoms with Crippen molar-refractivity contribution in [1.82, 2.24) is 5.06 Å². The van der Waals surface area contributed by atoms with E-state index in [9.17, 15) is 14.4 Å². The number of carbonyl (C=O) groups excluding carboxylic acids is 3. The van der Waals surface area contributed by atoms with Crippen molar-refractivity contribution in [3.8, 4) is 11.1 Å². The van der Waals surface area contributed by atoms with Gasteiger partial charge in [0.1, 0.15) is 6.61 Å². The van der Waals surface area contributed by atoms with Gasteiger partial charge in [0.2, 0.25) is 0 Å². The lowest BCUT2D eigenvalue weighted by Gasteiger charge is -2.21. The van der Waals surface area contributed by atoms with Gasteiger partial charge in [0.25, 0.3) is 11.8 Å². The molecule has 5 atom stereocenters. The van der Waals surface area contributed by atoms with Crippen LogP contribution in [0.15, 0.2) is 60.7 Å². The molecule has 0 spiro atoms. The molecular weight excluding hydrogens is 394 g/mol. The van der Waals surface area contributed by atoms with Crippen LogP contribution >= 0.6 is 0 Å². The van der Waals surface area contributed by atoms with Gasteiger partial charge in [-0.25, -0.2) is 4.79 Å². The van der Waals surface area contributed by atoms with E-state index in [0.29, 0.717) is 11.0 Å². The van der Waals surface area contributed by atoms with Crippen molar-refractivity contribution in [3.63, 3.8) is 0 Å². The number of hydrogen-bond acceptors (Lipinski definition) is 5. The lowest BCUT2D eigenvalue weighted by Crippen LogP contribution is -2.36. The van der Waals surface area contributed by atoms with E-state index in [1.54, 1.807) is 0 Å². The SMILES string of the molecule is O=C(OCC1c2ccccc2-c2ccccc21)ON1C(=O)[C@H]2C3C=CC4(CC34)[C@H]2C1=O. The van der Waals surface area contributed by atoms with Gasteiger partial charge >= 0.3 is 6.16 Å². The van der Waals surface area contributed by atoms with Crippen LogP contribution < -0.4 is 0 Å². The Labute approximate surface area is 178 Å². The van der Waals surface area contributed by atoms with Gasteiger partial charge in [-0.3, -0.25) is 14.4 Å². The molecule has 31 heavy (non-hydrogen) atoms. The van der Waals surface area contributed by atoms with Gasteiger partial charge in [-0.1, -0.05) is 65.7 Å². The molecular formula is C25H19NO5. The molecule has 3 unspecified atom stereocenters. The topological polar surface area (TPSA) is 72.9 Å². The van der Waals surface area contributed by atoms with Crippen LogP contribution in [0.25, 0.3) is 11.1 Å². The number of ether oxygens (including phenoxy) is 1. The fourth-order valence-electron chi connectivity index (χ4n) is 6.66. The molecule has 4 aliphatic carbocycles. The number of hydroxylamine groups is 2. The number of benzene rings is 2. The summed E-state index contributed by atoms with van der Waals surface area (Å²) in [6.45, 7) is 0.0755. The first-order chi connectivity index (χ1) is 15.1. The monoisotopic (exact) mass is 413 g/mol. The Kier molecular flexibility index (Phi) is 3.14. The molecule has 1 heterocycles. The minimum Gasteiger partial charge on any atom is -0.432 e. The lowest BCUT2D eigenvalue weighted by atomic mass is 9.78. The molecule has 0 aromatic heterocycles. The third-order valence-corrected chi connectivity index (χ3v) is 8.00. The van der Waals surface area contributed by atoms with Crippen LogP contribution in [0.5, 0.6) is 0 Å². The second-order valence-corrected chi connectivity index (χ2v) is 9.21. The van der Waals surface area contributed by atoms with E-state index in [-0.39, 0.29) is 29.8 Å². The fourth-order valence-corrected chi connectivity index (χ4v) is 6.66. The van der Waals surface area contributed by atoms with E-state index in [4.69, 9.17) is 9.57 Å². The zero-order valence-electron chi connectivity index (χ0n) is 16.6. The summed E-state index contributed by atoms with van der Waals surface area (Å²) in [5.41, 5.74) is 4.24. The zero-order valence-corrected chi connectivity index (χ0v) is 16.6. The molecule has 6 nitrogen and oxygen atoms in total. The molecule has 3 fully saturated rings. The highest BCUT2D eigenvalue weighted by atomic mass is 16.8. The molecule has 2 saturated carbocycles. The summed E-state index contributed by atoms with van der Waals surface area (Å²) in [5, 5.41) is 0.657. The van der Waals surface area contributed by atoms with Gasteiger partial charge in [0, 0.05) is 11.3 Å². The predicted molar refractivity (Wildman–Crippen MR) is 108 cm³/mol. The standard InChI is InChI=1S/C25H19NO5/c27-22-20-17-9-10-25(11-19(17)25)21(20)23(28)26(22)31-24(29)30-12-18-15-7-3-1-5-13(15)14-6-2-4-8-16(14)18/h1-10,17-21H,11-12H2/t17?,19?,20-,21+,25?/m0/s1. The van der Waals surface area contributed by atoms with E-state index in [1.807, 2.05) is 36.4 Å². The highest BCUT2D eigenvalue weighted by molar-refractivity contribution is 6.07. The Morgan fingerprint density at radius 2 is 1.68 bits per heavy atom. The largest absolute Gasteiger partial charge is 0.533 e. The number of allylic oxidation sites excluding steroid dienone is 2. The molecule has 2 amide bonds. The second kappa shape index (κ2) is 5.63. The summed E-state index contributed by atoms with van der Waals surface area (Å²) < 4.78 is 5.40. The lowest BCUT2D eigenvalue weighted by molar-refractivity contribution is -0.179. The molecule has 2 aromatic carbocycles. The first-order valence-electron chi connectivity index (χ1n) is 10.7. The molecule has 1 saturated heterocycles. The molecule has 2 aromatic rings. The van der Waals surface area contributed by atoms with Gasteiger partial charge in [-0.15, -0.1) is 0 Å². The van der Waals surface area contributed by atoms with Crippen LogP contribution in [0.4, 0.5) is 4.79 Å². The van der Waals surface area contributed by atoms with Crippen molar-refractivity contribution < 1.29 is 24.0 Å². The minimum atomic E-state index is -1.02. The molecule has 7 rings (SSSR count). The molecule has 0 N–H and O–H groups in total. The summed E-state index contributed by atoms with van der Waals surface area (Å²) in [4.78, 5) is 43.3. The van der Waals surface area contributed by atoms with Crippen molar-refractivity contribution in [2.45, 2.75) is 12.3 Å². The molecule has 6 heteroatoms. The zero-order chi connectivity index (χ0) is 20.9. The minimum absolute atomic E-state index is 0.0755. The van der Waals surface area contributed by atoms with Crippen LogP contribution in [0.3, 0.4) is 0 Å². The summed E-state index contributed by atoms with van der Waals surface area (Å²) >= 11 is 0. The summed E-state index contributed by atoms with van der Waals surface area (Å²) in [5.74, 6) is -1.21. The average Bonchev–Trinajstić information content (AvgIpc) is 3.03. The van der Waals surface area contributed by atoms with Gasteiger partial charge in [-0.2, -0.15) is 0 Å². The Morgan fingerprint density at radius 1 is 1.00 bits per heavy atom. The molecule has 2 bridgehead atoms. The van der Waals surface area contributed by atoms with Crippen molar-refractivity contribution in [2.24, 2.45) is 29.1 Å². The maximum atomic E-state index is 12.9. The predicted octanol–water partition coefficient (Wildman–Crippen LogP) is 3.67. The smallest absolute Gasteiger partial charge is 0.432 e. The quantitative estimate of drug-likeness (QED) is 0.436. The number of nitrogens with zero attached hydrogens (tertiary/aromatic N) is 1. The highest BCUT2D eigenvalue weighted by Gasteiger charge is 2.79. The van der Waals surface area contributed by atoms with Crippen molar-refractivity contribution in [2.75, 3.05) is 6.61 Å². The fraction of sp³-hybridized carbons (Fsp3) is 0.320. The Hall–Kier alpha value is -3.41. The van der Waals surface area contributed by atoms with Crippen LogP contribution in [0.2, 0.25) is 0 Å². The van der Waals surface area contributed by atoms with Gasteiger partial charge in [0.05, 0.1) is 11.8 Å². The second-order valence-electron chi connectivity index (χ2n) is 9.21. The number of imide groups is 1. The first-order valence-corrected chi connectivity index (χ1v) is 10.7. The van der Waals surface area contributed by atoms with Crippen LogP contribution in [0, 0.1) is 29.1 Å². The number of rotatable bonds is 3. The van der Waals surface area contributed by atoms with E-state index >= 15 is 0 Å². The number of amides is 2. The Balaban J connectivity index is 1.07. The first kappa shape index (κ1) is 17.3. The van der Waals surface area contributed by atoms with E-state index in [1.165, 1.54) is 0 Å².